The molecule has 1 fully saturated rings. The van der Waals surface area contributed by atoms with Crippen LogP contribution in [0.4, 0.5) is 5.69 Å². The molecule has 1 saturated heterocycles. The van der Waals surface area contributed by atoms with Crippen molar-refractivity contribution in [3.05, 3.63) is 30.3 Å². The second-order valence-electron chi connectivity index (χ2n) is 4.34. The van der Waals surface area contributed by atoms with Crippen LogP contribution in [0.2, 0.25) is 0 Å². The van der Waals surface area contributed by atoms with Gasteiger partial charge in [0.15, 0.2) is 0 Å². The monoisotopic (exact) mass is 255 g/mol. The first-order chi connectivity index (χ1) is 8.57. The summed E-state index contributed by atoms with van der Waals surface area (Å²) >= 11 is 0. The summed E-state index contributed by atoms with van der Waals surface area (Å²) in [6.45, 7) is -0.558. The van der Waals surface area contributed by atoms with Crippen LogP contribution in [0.3, 0.4) is 0 Å². The Kier molecular flexibility index (Phi) is 3.84. The third-order valence-electron chi connectivity index (χ3n) is 3.03. The van der Waals surface area contributed by atoms with E-state index < -0.39 is 30.7 Å². The van der Waals surface area contributed by atoms with Gasteiger partial charge in [-0.05, 0) is 12.1 Å². The van der Waals surface area contributed by atoms with Crippen LogP contribution in [0.5, 0.6) is 0 Å². The first-order valence-electron chi connectivity index (χ1n) is 5.73. The highest BCUT2D eigenvalue weighted by atomic mass is 16.7. The van der Waals surface area contributed by atoms with Gasteiger partial charge in [0.25, 0.3) is 0 Å². The lowest BCUT2D eigenvalue weighted by Gasteiger charge is -2.22. The number of aliphatic hydroxyl groups excluding tert-OH is 3. The Morgan fingerprint density at radius 3 is 2.44 bits per heavy atom. The Balaban J connectivity index is 1.95. The Bertz CT molecular complexity index is 387. The molecule has 18 heavy (non-hydrogen) atoms. The summed E-state index contributed by atoms with van der Waals surface area (Å²) in [5.41, 5.74) is 0.835. The quantitative estimate of drug-likeness (QED) is 0.468. The third kappa shape index (κ3) is 2.47. The van der Waals surface area contributed by atoms with Crippen molar-refractivity contribution in [2.24, 2.45) is 0 Å². The molecule has 2 rings (SSSR count). The standard InChI is InChI=1S/C12H17NO5/c14-7-12(17)11(16)10(15)9(18-12)6-13-8-4-2-1-3-5-8/h1-5,9-11,13-17H,6-7H2/t9-,10+,11-,12+/m0/s1. The number of ether oxygens (including phenoxy) is 1. The number of nitrogens with one attached hydrogen (secondary N) is 1. The van der Waals surface area contributed by atoms with Gasteiger partial charge in [0, 0.05) is 12.2 Å². The van der Waals surface area contributed by atoms with Crippen LogP contribution in [-0.2, 0) is 4.74 Å². The number of hydrogen-bond acceptors (Lipinski definition) is 6. The number of aliphatic hydroxyl groups is 4. The second-order valence-corrected chi connectivity index (χ2v) is 4.34. The van der Waals surface area contributed by atoms with E-state index in [1.165, 1.54) is 0 Å². The molecule has 1 aliphatic heterocycles. The minimum Gasteiger partial charge on any atom is -0.391 e. The lowest BCUT2D eigenvalue weighted by molar-refractivity contribution is -0.244. The molecule has 0 radical (unpaired) electrons. The van der Waals surface area contributed by atoms with Gasteiger partial charge in [-0.3, -0.25) is 0 Å². The van der Waals surface area contributed by atoms with Crippen LogP contribution < -0.4 is 5.32 Å². The molecule has 6 nitrogen and oxygen atoms in total. The van der Waals surface area contributed by atoms with Gasteiger partial charge in [0.1, 0.15) is 18.3 Å². The zero-order chi connectivity index (χ0) is 13.2. The fourth-order valence-electron chi connectivity index (χ4n) is 1.94. The van der Waals surface area contributed by atoms with Crippen molar-refractivity contribution in [3.63, 3.8) is 0 Å². The Labute approximate surface area is 104 Å². The molecular formula is C12H17NO5. The largest absolute Gasteiger partial charge is 0.391 e. The van der Waals surface area contributed by atoms with Crippen molar-refractivity contribution in [2.45, 2.75) is 24.1 Å². The minimum absolute atomic E-state index is 0.213. The minimum atomic E-state index is -2.09. The number of benzene rings is 1. The molecular weight excluding hydrogens is 238 g/mol. The summed E-state index contributed by atoms with van der Waals surface area (Å²) in [6.07, 6.45) is -3.57. The third-order valence-corrected chi connectivity index (χ3v) is 3.03. The fourth-order valence-corrected chi connectivity index (χ4v) is 1.94. The Morgan fingerprint density at radius 1 is 1.22 bits per heavy atom. The highest BCUT2D eigenvalue weighted by Crippen LogP contribution is 2.29. The van der Waals surface area contributed by atoms with E-state index >= 15 is 0 Å². The van der Waals surface area contributed by atoms with Crippen LogP contribution in [-0.4, -0.2) is 57.7 Å². The van der Waals surface area contributed by atoms with E-state index in [0.717, 1.165) is 5.69 Å². The van der Waals surface area contributed by atoms with Crippen LogP contribution in [0.25, 0.3) is 0 Å². The summed E-state index contributed by atoms with van der Waals surface area (Å²) in [7, 11) is 0. The van der Waals surface area contributed by atoms with Gasteiger partial charge in [-0.1, -0.05) is 18.2 Å². The topological polar surface area (TPSA) is 102 Å². The normalized spacial score (nSPS) is 35.7. The van der Waals surface area contributed by atoms with Gasteiger partial charge in [0.05, 0.1) is 6.61 Å². The molecule has 1 aromatic rings. The van der Waals surface area contributed by atoms with E-state index in [4.69, 9.17) is 9.84 Å². The van der Waals surface area contributed by atoms with Crippen molar-refractivity contribution in [1.29, 1.82) is 0 Å². The molecule has 1 aliphatic rings. The molecule has 0 unspecified atom stereocenters. The highest BCUT2D eigenvalue weighted by Gasteiger charge is 2.52. The SMILES string of the molecule is OC[C@@]1(O)O[C@@H](CNc2ccccc2)[C@@H](O)[C@@H]1O. The lowest BCUT2D eigenvalue weighted by atomic mass is 10.1. The summed E-state index contributed by atoms with van der Waals surface area (Å²) in [5.74, 6) is -2.09. The molecule has 1 aromatic carbocycles. The van der Waals surface area contributed by atoms with Crippen molar-refractivity contribution < 1.29 is 25.2 Å². The number of anilines is 1. The predicted molar refractivity (Wildman–Crippen MR) is 63.9 cm³/mol. The van der Waals surface area contributed by atoms with Gasteiger partial charge < -0.3 is 30.5 Å². The van der Waals surface area contributed by atoms with E-state index in [0.29, 0.717) is 0 Å². The molecule has 6 heteroatoms. The fraction of sp³-hybridized carbons (Fsp3) is 0.500. The molecule has 100 valence electrons. The molecule has 0 spiro atoms. The Morgan fingerprint density at radius 2 is 1.89 bits per heavy atom. The summed E-state index contributed by atoms with van der Waals surface area (Å²) < 4.78 is 5.09. The van der Waals surface area contributed by atoms with Crippen LogP contribution in [0.15, 0.2) is 30.3 Å². The molecule has 0 bridgehead atoms. The van der Waals surface area contributed by atoms with E-state index in [1.807, 2.05) is 30.3 Å². The van der Waals surface area contributed by atoms with E-state index in [2.05, 4.69) is 5.32 Å². The number of rotatable bonds is 4. The summed E-state index contributed by atoms with van der Waals surface area (Å²) in [5, 5.41) is 40.9. The Hall–Kier alpha value is -1.18. The zero-order valence-electron chi connectivity index (χ0n) is 9.73. The predicted octanol–water partition coefficient (Wildman–Crippen LogP) is -1.10. The van der Waals surface area contributed by atoms with Crippen LogP contribution in [0.1, 0.15) is 0 Å². The first-order valence-corrected chi connectivity index (χ1v) is 5.73. The molecule has 4 atom stereocenters. The van der Waals surface area contributed by atoms with Gasteiger partial charge >= 0.3 is 0 Å². The van der Waals surface area contributed by atoms with Gasteiger partial charge in [-0.15, -0.1) is 0 Å². The lowest BCUT2D eigenvalue weighted by Crippen LogP contribution is -2.46. The van der Waals surface area contributed by atoms with Crippen molar-refractivity contribution in [3.8, 4) is 0 Å². The summed E-state index contributed by atoms with van der Waals surface area (Å²) in [4.78, 5) is 0. The maximum absolute atomic E-state index is 9.72. The number of para-hydroxylation sites is 1. The van der Waals surface area contributed by atoms with E-state index in [9.17, 15) is 15.3 Å². The molecule has 0 saturated carbocycles. The average Bonchev–Trinajstić information content (AvgIpc) is 2.63. The maximum Gasteiger partial charge on any atom is 0.219 e. The van der Waals surface area contributed by atoms with E-state index in [1.54, 1.807) is 0 Å². The highest BCUT2D eigenvalue weighted by molar-refractivity contribution is 5.42. The van der Waals surface area contributed by atoms with Crippen LogP contribution in [0, 0.1) is 0 Å². The van der Waals surface area contributed by atoms with Gasteiger partial charge in [0.2, 0.25) is 5.79 Å². The van der Waals surface area contributed by atoms with Gasteiger partial charge in [-0.2, -0.15) is 0 Å². The number of hydrogen-bond donors (Lipinski definition) is 5. The van der Waals surface area contributed by atoms with Crippen molar-refractivity contribution in [1.82, 2.24) is 0 Å². The van der Waals surface area contributed by atoms with Crippen LogP contribution >= 0.6 is 0 Å². The van der Waals surface area contributed by atoms with Gasteiger partial charge in [-0.25, -0.2) is 0 Å². The molecule has 0 aliphatic carbocycles. The maximum atomic E-state index is 9.72. The second kappa shape index (κ2) is 5.21. The first kappa shape index (κ1) is 13.3. The molecule has 0 aromatic heterocycles. The van der Waals surface area contributed by atoms with E-state index in [-0.39, 0.29) is 6.54 Å². The zero-order valence-corrected chi connectivity index (χ0v) is 9.73. The molecule has 1 heterocycles. The average molecular weight is 255 g/mol. The summed E-state index contributed by atoms with van der Waals surface area (Å²) in [6, 6.07) is 9.27. The smallest absolute Gasteiger partial charge is 0.219 e. The van der Waals surface area contributed by atoms with Crippen molar-refractivity contribution in [2.75, 3.05) is 18.5 Å². The molecule has 5 N–H and O–H groups in total. The van der Waals surface area contributed by atoms with Crippen molar-refractivity contribution >= 4 is 5.69 Å². The molecule has 0 amide bonds.